The van der Waals surface area contributed by atoms with Gasteiger partial charge < -0.3 is 14.9 Å². The van der Waals surface area contributed by atoms with Gasteiger partial charge in [-0.3, -0.25) is 9.48 Å². The van der Waals surface area contributed by atoms with E-state index in [0.717, 1.165) is 27.9 Å². The van der Waals surface area contributed by atoms with E-state index >= 15 is 0 Å². The van der Waals surface area contributed by atoms with Crippen molar-refractivity contribution in [1.29, 1.82) is 0 Å². The Kier molecular flexibility index (Phi) is 4.75. The van der Waals surface area contributed by atoms with Crippen LogP contribution in [0, 0.1) is 0 Å². The maximum atomic E-state index is 13.2. The molecule has 0 bridgehead atoms. The smallest absolute Gasteiger partial charge is 0.264 e. The first-order valence-corrected chi connectivity index (χ1v) is 9.91. The third-order valence-electron chi connectivity index (χ3n) is 5.36. The predicted molar refractivity (Wildman–Crippen MR) is 108 cm³/mol. The van der Waals surface area contributed by atoms with Gasteiger partial charge in [0, 0.05) is 30.6 Å². The molecule has 6 nitrogen and oxygen atoms in total. The van der Waals surface area contributed by atoms with Crippen LogP contribution in [0.25, 0.3) is 21.5 Å². The quantitative estimate of drug-likeness (QED) is 0.751. The molecule has 1 fully saturated rings. The Hall–Kier alpha value is -2.22. The van der Waals surface area contributed by atoms with Gasteiger partial charge in [-0.05, 0) is 26.6 Å². The van der Waals surface area contributed by atoms with Gasteiger partial charge in [0.2, 0.25) is 0 Å². The van der Waals surface area contributed by atoms with E-state index in [4.69, 9.17) is 0 Å². The molecule has 0 unspecified atom stereocenters. The number of fused-ring (bicyclic) bond motifs is 1. The average molecular weight is 385 g/mol. The van der Waals surface area contributed by atoms with E-state index in [9.17, 15) is 9.90 Å². The highest BCUT2D eigenvalue weighted by molar-refractivity contribution is 7.20. The van der Waals surface area contributed by atoms with E-state index < -0.39 is 0 Å². The fourth-order valence-electron chi connectivity index (χ4n) is 3.78. The predicted octanol–water partition coefficient (Wildman–Crippen LogP) is 2.44. The summed E-state index contributed by atoms with van der Waals surface area (Å²) < 4.78 is 1.84. The van der Waals surface area contributed by atoms with E-state index in [1.165, 1.54) is 11.3 Å². The van der Waals surface area contributed by atoms with Crippen LogP contribution in [-0.2, 0) is 7.05 Å². The third-order valence-corrected chi connectivity index (χ3v) is 6.55. The number of hydrogen-bond acceptors (Lipinski definition) is 5. The third kappa shape index (κ3) is 3.16. The van der Waals surface area contributed by atoms with Crippen LogP contribution in [0.3, 0.4) is 0 Å². The number of likely N-dealkylation sites (N-methyl/N-ethyl adjacent to an activating group) is 1. The number of aryl methyl sites for hydroxylation is 1. The van der Waals surface area contributed by atoms with Gasteiger partial charge in [0.15, 0.2) is 0 Å². The van der Waals surface area contributed by atoms with E-state index in [1.807, 2.05) is 67.1 Å². The Morgan fingerprint density at radius 3 is 2.74 bits per heavy atom. The monoisotopic (exact) mass is 384 g/mol. The number of nitrogens with zero attached hydrogens (tertiary/aromatic N) is 4. The molecule has 2 aromatic heterocycles. The highest BCUT2D eigenvalue weighted by atomic mass is 32.1. The fraction of sp³-hybridized carbons (Fsp3) is 0.400. The summed E-state index contributed by atoms with van der Waals surface area (Å²) >= 11 is 1.47. The minimum Gasteiger partial charge on any atom is -0.394 e. The molecule has 1 aliphatic rings. The first kappa shape index (κ1) is 18.2. The normalized spacial score (nSPS) is 20.1. The molecule has 3 heterocycles. The summed E-state index contributed by atoms with van der Waals surface area (Å²) in [5.74, 6) is -0.00129. The Labute approximate surface area is 162 Å². The topological polar surface area (TPSA) is 61.6 Å². The Morgan fingerprint density at radius 1 is 1.33 bits per heavy atom. The first-order chi connectivity index (χ1) is 13.0. The van der Waals surface area contributed by atoms with Crippen LogP contribution in [0.1, 0.15) is 16.1 Å². The maximum Gasteiger partial charge on any atom is 0.264 e. The lowest BCUT2D eigenvalue weighted by Gasteiger charge is -2.22. The van der Waals surface area contributed by atoms with Crippen molar-refractivity contribution in [3.8, 4) is 11.3 Å². The standard InChI is InChI=1S/C20H24N4O2S/c1-22(2)14-9-15(12-25)24(11-14)19(26)17-10-16-18(13-7-5-4-6-8-13)21-23(3)20(16)27-17/h4-8,10,14-15,25H,9,11-12H2,1-3H3/t14-,15+/m1/s1. The Bertz CT molecular complexity index is 963. The SMILES string of the molecule is CN(C)[C@@H]1C[C@@H](CO)N(C(=O)c2cc3c(-c4ccccc4)nn(C)c3s2)C1. The average Bonchev–Trinajstić information content (AvgIpc) is 3.36. The minimum absolute atomic E-state index is 0.00129. The van der Waals surface area contributed by atoms with Crippen LogP contribution < -0.4 is 0 Å². The zero-order valence-electron chi connectivity index (χ0n) is 15.8. The summed E-state index contributed by atoms with van der Waals surface area (Å²) in [5.41, 5.74) is 1.94. The molecule has 0 radical (unpaired) electrons. The van der Waals surface area contributed by atoms with E-state index in [-0.39, 0.29) is 24.6 Å². The number of benzene rings is 1. The molecule has 27 heavy (non-hydrogen) atoms. The fourth-order valence-corrected chi connectivity index (χ4v) is 4.81. The highest BCUT2D eigenvalue weighted by Gasteiger charge is 2.37. The van der Waals surface area contributed by atoms with Gasteiger partial charge in [-0.15, -0.1) is 11.3 Å². The molecule has 1 N–H and O–H groups in total. The molecule has 0 aliphatic carbocycles. The van der Waals surface area contributed by atoms with Crippen molar-refractivity contribution in [3.63, 3.8) is 0 Å². The Morgan fingerprint density at radius 2 is 2.07 bits per heavy atom. The number of likely N-dealkylation sites (tertiary alicyclic amines) is 1. The van der Waals surface area contributed by atoms with E-state index in [0.29, 0.717) is 11.4 Å². The van der Waals surface area contributed by atoms with Crippen LogP contribution >= 0.6 is 11.3 Å². The van der Waals surface area contributed by atoms with Crippen LogP contribution in [0.15, 0.2) is 36.4 Å². The summed E-state index contributed by atoms with van der Waals surface area (Å²) in [6, 6.07) is 12.1. The summed E-state index contributed by atoms with van der Waals surface area (Å²) in [7, 11) is 5.95. The van der Waals surface area contributed by atoms with Gasteiger partial charge in [0.05, 0.1) is 17.5 Å². The number of aliphatic hydroxyl groups excluding tert-OH is 1. The molecule has 1 amide bonds. The lowest BCUT2D eigenvalue weighted by molar-refractivity contribution is 0.0678. The number of rotatable bonds is 4. The second-order valence-corrected chi connectivity index (χ2v) is 8.35. The van der Waals surface area contributed by atoms with Gasteiger partial charge in [-0.2, -0.15) is 5.10 Å². The van der Waals surface area contributed by atoms with E-state index in [2.05, 4.69) is 10.00 Å². The number of hydrogen-bond donors (Lipinski definition) is 1. The minimum atomic E-state index is -0.123. The van der Waals surface area contributed by atoms with Crippen molar-refractivity contribution in [2.45, 2.75) is 18.5 Å². The molecule has 3 aromatic rings. The summed E-state index contributed by atoms with van der Waals surface area (Å²) in [4.78, 5) is 18.8. The van der Waals surface area contributed by atoms with Crippen LogP contribution in [0.5, 0.6) is 0 Å². The largest absolute Gasteiger partial charge is 0.394 e. The van der Waals surface area contributed by atoms with Crippen molar-refractivity contribution >= 4 is 27.5 Å². The molecule has 1 aliphatic heterocycles. The molecule has 2 atom stereocenters. The lowest BCUT2D eigenvalue weighted by atomic mass is 10.1. The van der Waals surface area contributed by atoms with Crippen LogP contribution in [0.4, 0.5) is 0 Å². The molecule has 0 spiro atoms. The van der Waals surface area contributed by atoms with Crippen molar-refractivity contribution in [3.05, 3.63) is 41.3 Å². The van der Waals surface area contributed by atoms with Gasteiger partial charge in [-0.1, -0.05) is 30.3 Å². The molecule has 142 valence electrons. The van der Waals surface area contributed by atoms with Gasteiger partial charge in [0.1, 0.15) is 10.5 Å². The van der Waals surface area contributed by atoms with E-state index in [1.54, 1.807) is 0 Å². The molecule has 4 rings (SSSR count). The number of carbonyl (C=O) groups excluding carboxylic acids is 1. The number of carbonyl (C=O) groups is 1. The highest BCUT2D eigenvalue weighted by Crippen LogP contribution is 2.35. The summed E-state index contributed by atoms with van der Waals surface area (Å²) in [6.07, 6.45) is 0.803. The number of aromatic nitrogens is 2. The lowest BCUT2D eigenvalue weighted by Crippen LogP contribution is -2.38. The summed E-state index contributed by atoms with van der Waals surface area (Å²) in [5, 5.41) is 15.4. The molecule has 1 aromatic carbocycles. The molecular formula is C20H24N4O2S. The van der Waals surface area contributed by atoms with Crippen molar-refractivity contribution in [1.82, 2.24) is 19.6 Å². The zero-order chi connectivity index (χ0) is 19.1. The summed E-state index contributed by atoms with van der Waals surface area (Å²) in [6.45, 7) is 0.646. The zero-order valence-corrected chi connectivity index (χ0v) is 16.6. The van der Waals surface area contributed by atoms with Gasteiger partial charge in [0.25, 0.3) is 5.91 Å². The molecule has 7 heteroatoms. The first-order valence-electron chi connectivity index (χ1n) is 9.09. The number of thiophene rings is 1. The van der Waals surface area contributed by atoms with Crippen molar-refractivity contribution < 1.29 is 9.90 Å². The van der Waals surface area contributed by atoms with Crippen molar-refractivity contribution in [2.75, 3.05) is 27.2 Å². The second kappa shape index (κ2) is 7.07. The number of amides is 1. The molecule has 0 saturated carbocycles. The van der Waals surface area contributed by atoms with Crippen LogP contribution in [-0.4, -0.2) is 69.9 Å². The Balaban J connectivity index is 1.69. The van der Waals surface area contributed by atoms with Gasteiger partial charge >= 0.3 is 0 Å². The number of aliphatic hydroxyl groups is 1. The van der Waals surface area contributed by atoms with Crippen molar-refractivity contribution in [2.24, 2.45) is 7.05 Å². The molecule has 1 saturated heterocycles. The maximum absolute atomic E-state index is 13.2. The molecular weight excluding hydrogens is 360 g/mol. The van der Waals surface area contributed by atoms with Gasteiger partial charge in [-0.25, -0.2) is 0 Å². The second-order valence-electron chi connectivity index (χ2n) is 7.31. The van der Waals surface area contributed by atoms with Crippen LogP contribution in [0.2, 0.25) is 0 Å².